The van der Waals surface area contributed by atoms with E-state index in [0.29, 0.717) is 6.42 Å². The standard InChI is InChI=1S/C17H22N4O/c22-17(15-16-5-2-1-3-6-16)20-12-9-19(10-13-20)11-14-21-8-4-7-18-21/h1-8H,9-15H2. The molecule has 0 saturated carbocycles. The fraction of sp³-hybridized carbons (Fsp3) is 0.412. The van der Waals surface area contributed by atoms with Crippen molar-refractivity contribution in [1.29, 1.82) is 0 Å². The number of carbonyl (C=O) groups is 1. The number of nitrogens with zero attached hydrogens (tertiary/aromatic N) is 4. The van der Waals surface area contributed by atoms with E-state index in [4.69, 9.17) is 0 Å². The van der Waals surface area contributed by atoms with Gasteiger partial charge < -0.3 is 4.90 Å². The Labute approximate surface area is 131 Å². The first kappa shape index (κ1) is 14.8. The van der Waals surface area contributed by atoms with E-state index in [1.165, 1.54) is 0 Å². The molecule has 0 atom stereocenters. The van der Waals surface area contributed by atoms with E-state index in [-0.39, 0.29) is 5.91 Å². The first-order valence-electron chi connectivity index (χ1n) is 7.83. The molecule has 1 aromatic heterocycles. The van der Waals surface area contributed by atoms with Gasteiger partial charge in [-0.1, -0.05) is 30.3 Å². The van der Waals surface area contributed by atoms with E-state index in [1.54, 1.807) is 6.20 Å². The molecule has 0 radical (unpaired) electrons. The van der Waals surface area contributed by atoms with E-state index in [9.17, 15) is 4.79 Å². The maximum absolute atomic E-state index is 12.3. The summed E-state index contributed by atoms with van der Waals surface area (Å²) in [5.74, 6) is 0.234. The second-order valence-electron chi connectivity index (χ2n) is 5.65. The lowest BCUT2D eigenvalue weighted by Crippen LogP contribution is -2.49. The average molecular weight is 298 g/mol. The van der Waals surface area contributed by atoms with E-state index >= 15 is 0 Å². The second kappa shape index (κ2) is 7.22. The molecule has 5 nitrogen and oxygen atoms in total. The fourth-order valence-corrected chi connectivity index (χ4v) is 2.78. The van der Waals surface area contributed by atoms with Gasteiger partial charge in [-0.25, -0.2) is 0 Å². The van der Waals surface area contributed by atoms with Crippen molar-refractivity contribution >= 4 is 5.91 Å². The molecule has 2 heterocycles. The molecule has 0 aliphatic carbocycles. The lowest BCUT2D eigenvalue weighted by atomic mass is 10.1. The van der Waals surface area contributed by atoms with Crippen LogP contribution in [0.25, 0.3) is 0 Å². The Morgan fingerprint density at radius 2 is 1.77 bits per heavy atom. The van der Waals surface area contributed by atoms with Gasteiger partial charge in [0, 0.05) is 45.1 Å². The van der Waals surface area contributed by atoms with Crippen LogP contribution in [-0.2, 0) is 17.8 Å². The van der Waals surface area contributed by atoms with Crippen LogP contribution in [0.1, 0.15) is 5.56 Å². The zero-order valence-corrected chi connectivity index (χ0v) is 12.8. The summed E-state index contributed by atoms with van der Waals surface area (Å²) in [6, 6.07) is 11.9. The SMILES string of the molecule is O=C(Cc1ccccc1)N1CCN(CCn2cccn2)CC1. The van der Waals surface area contributed by atoms with Gasteiger partial charge in [-0.15, -0.1) is 0 Å². The van der Waals surface area contributed by atoms with Crippen molar-refractivity contribution in [3.63, 3.8) is 0 Å². The Balaban J connectivity index is 1.42. The van der Waals surface area contributed by atoms with Gasteiger partial charge in [-0.3, -0.25) is 14.4 Å². The quantitative estimate of drug-likeness (QED) is 0.835. The molecule has 0 spiro atoms. The number of carbonyl (C=O) groups excluding carboxylic acids is 1. The van der Waals surface area contributed by atoms with E-state index in [2.05, 4.69) is 10.00 Å². The third kappa shape index (κ3) is 3.95. The van der Waals surface area contributed by atoms with Crippen LogP contribution in [0.2, 0.25) is 0 Å². The number of benzene rings is 1. The first-order valence-corrected chi connectivity index (χ1v) is 7.83. The van der Waals surface area contributed by atoms with Crippen LogP contribution in [-0.4, -0.2) is 58.2 Å². The molecule has 1 amide bonds. The average Bonchev–Trinajstić information content (AvgIpc) is 3.08. The van der Waals surface area contributed by atoms with E-state index in [0.717, 1.165) is 44.8 Å². The van der Waals surface area contributed by atoms with Gasteiger partial charge in [0.2, 0.25) is 5.91 Å². The predicted molar refractivity (Wildman–Crippen MR) is 85.4 cm³/mol. The lowest BCUT2D eigenvalue weighted by Gasteiger charge is -2.34. The van der Waals surface area contributed by atoms with Crippen molar-refractivity contribution in [1.82, 2.24) is 19.6 Å². The molecule has 3 rings (SSSR count). The van der Waals surface area contributed by atoms with E-state index < -0.39 is 0 Å². The molecular weight excluding hydrogens is 276 g/mol. The summed E-state index contributed by atoms with van der Waals surface area (Å²) in [4.78, 5) is 16.7. The highest BCUT2D eigenvalue weighted by Gasteiger charge is 2.20. The number of piperazine rings is 1. The smallest absolute Gasteiger partial charge is 0.227 e. The van der Waals surface area contributed by atoms with Crippen LogP contribution < -0.4 is 0 Å². The Morgan fingerprint density at radius 3 is 2.45 bits per heavy atom. The molecule has 1 aliphatic rings. The molecule has 5 heteroatoms. The zero-order chi connectivity index (χ0) is 15.2. The maximum Gasteiger partial charge on any atom is 0.227 e. The first-order chi connectivity index (χ1) is 10.8. The summed E-state index contributed by atoms with van der Waals surface area (Å²) in [6.45, 7) is 5.44. The summed E-state index contributed by atoms with van der Waals surface area (Å²) in [6.07, 6.45) is 4.30. The van der Waals surface area contributed by atoms with Gasteiger partial charge in [0.05, 0.1) is 13.0 Å². The van der Waals surface area contributed by atoms with Crippen LogP contribution in [0.15, 0.2) is 48.8 Å². The van der Waals surface area contributed by atoms with Crippen molar-refractivity contribution in [2.75, 3.05) is 32.7 Å². The highest BCUT2D eigenvalue weighted by atomic mass is 16.2. The van der Waals surface area contributed by atoms with Gasteiger partial charge in [-0.2, -0.15) is 5.10 Å². The third-order valence-electron chi connectivity index (χ3n) is 4.13. The number of amides is 1. The maximum atomic E-state index is 12.3. The Kier molecular flexibility index (Phi) is 4.85. The van der Waals surface area contributed by atoms with Crippen LogP contribution in [0, 0.1) is 0 Å². The number of hydrogen-bond acceptors (Lipinski definition) is 3. The molecule has 116 valence electrons. The highest BCUT2D eigenvalue weighted by Crippen LogP contribution is 2.07. The van der Waals surface area contributed by atoms with Gasteiger partial charge in [0.15, 0.2) is 0 Å². The van der Waals surface area contributed by atoms with Crippen LogP contribution in [0.4, 0.5) is 0 Å². The minimum atomic E-state index is 0.234. The van der Waals surface area contributed by atoms with Crippen LogP contribution >= 0.6 is 0 Å². The van der Waals surface area contributed by atoms with Gasteiger partial charge in [-0.05, 0) is 11.6 Å². The molecule has 1 aliphatic heterocycles. The monoisotopic (exact) mass is 298 g/mol. The molecule has 0 N–H and O–H groups in total. The number of aromatic nitrogens is 2. The number of rotatable bonds is 5. The summed E-state index contributed by atoms with van der Waals surface area (Å²) in [5, 5.41) is 4.22. The Morgan fingerprint density at radius 1 is 1.00 bits per heavy atom. The molecule has 22 heavy (non-hydrogen) atoms. The lowest BCUT2D eigenvalue weighted by molar-refractivity contribution is -0.132. The van der Waals surface area contributed by atoms with Gasteiger partial charge >= 0.3 is 0 Å². The molecule has 0 bridgehead atoms. The Bertz CT molecular complexity index is 574. The molecule has 0 unspecified atom stereocenters. The summed E-state index contributed by atoms with van der Waals surface area (Å²) >= 11 is 0. The molecule has 2 aromatic rings. The van der Waals surface area contributed by atoms with Crippen LogP contribution in [0.3, 0.4) is 0 Å². The summed E-state index contributed by atoms with van der Waals surface area (Å²) in [7, 11) is 0. The number of hydrogen-bond donors (Lipinski definition) is 0. The fourth-order valence-electron chi connectivity index (χ4n) is 2.78. The summed E-state index contributed by atoms with van der Waals surface area (Å²) in [5.41, 5.74) is 1.09. The molecule has 1 fully saturated rings. The van der Waals surface area contributed by atoms with Crippen molar-refractivity contribution in [3.05, 3.63) is 54.4 Å². The zero-order valence-electron chi connectivity index (χ0n) is 12.8. The normalized spacial score (nSPS) is 15.9. The van der Waals surface area contributed by atoms with Crippen LogP contribution in [0.5, 0.6) is 0 Å². The van der Waals surface area contributed by atoms with Crippen molar-refractivity contribution in [2.45, 2.75) is 13.0 Å². The summed E-state index contributed by atoms with van der Waals surface area (Å²) < 4.78 is 1.95. The predicted octanol–water partition coefficient (Wildman–Crippen LogP) is 1.27. The van der Waals surface area contributed by atoms with Crippen molar-refractivity contribution < 1.29 is 4.79 Å². The minimum Gasteiger partial charge on any atom is -0.340 e. The second-order valence-corrected chi connectivity index (χ2v) is 5.65. The van der Waals surface area contributed by atoms with Gasteiger partial charge in [0.25, 0.3) is 0 Å². The Hall–Kier alpha value is -2.14. The topological polar surface area (TPSA) is 41.4 Å². The van der Waals surface area contributed by atoms with Crippen molar-refractivity contribution in [3.8, 4) is 0 Å². The molecule has 1 aromatic carbocycles. The van der Waals surface area contributed by atoms with E-state index in [1.807, 2.05) is 52.2 Å². The van der Waals surface area contributed by atoms with Crippen molar-refractivity contribution in [2.24, 2.45) is 0 Å². The third-order valence-corrected chi connectivity index (χ3v) is 4.13. The highest BCUT2D eigenvalue weighted by molar-refractivity contribution is 5.78. The van der Waals surface area contributed by atoms with Gasteiger partial charge in [0.1, 0.15) is 0 Å². The largest absolute Gasteiger partial charge is 0.340 e. The molecule has 1 saturated heterocycles. The minimum absolute atomic E-state index is 0.234. The molecular formula is C17H22N4O.